The van der Waals surface area contributed by atoms with Gasteiger partial charge in [-0.05, 0) is 6.92 Å². The minimum Gasteiger partial charge on any atom is -0.466 e. The van der Waals surface area contributed by atoms with E-state index in [0.717, 1.165) is 0 Å². The van der Waals surface area contributed by atoms with E-state index in [1.807, 2.05) is 13.8 Å². The Morgan fingerprint density at radius 3 is 2.09 bits per heavy atom. The van der Waals surface area contributed by atoms with Crippen LogP contribution in [0, 0.1) is 0 Å². The summed E-state index contributed by atoms with van der Waals surface area (Å²) in [6.07, 6.45) is -0.326. The van der Waals surface area contributed by atoms with Crippen LogP contribution in [-0.2, 0) is 14.3 Å². The van der Waals surface area contributed by atoms with Gasteiger partial charge in [-0.1, -0.05) is 13.8 Å². The number of ether oxygens (including phenoxy) is 1. The fourth-order valence-electron chi connectivity index (χ4n) is 0.354. The highest BCUT2D eigenvalue weighted by Crippen LogP contribution is 1.82. The molecule has 0 unspecified atom stereocenters. The molecule has 2 N–H and O–H groups in total. The zero-order valence-corrected chi connectivity index (χ0v) is 7.22. The molecule has 4 heteroatoms. The molecule has 0 spiro atoms. The van der Waals surface area contributed by atoms with Crippen LogP contribution in [0.1, 0.15) is 27.2 Å². The molecular formula is C7H15NO3. The van der Waals surface area contributed by atoms with E-state index in [4.69, 9.17) is 0 Å². The maximum absolute atomic E-state index is 10.3. The van der Waals surface area contributed by atoms with Crippen LogP contribution in [-0.4, -0.2) is 18.5 Å². The van der Waals surface area contributed by atoms with Crippen molar-refractivity contribution in [1.82, 2.24) is 0 Å². The molecule has 0 aliphatic heterocycles. The van der Waals surface area contributed by atoms with E-state index in [9.17, 15) is 9.59 Å². The van der Waals surface area contributed by atoms with Gasteiger partial charge in [-0.3, -0.25) is 9.59 Å². The summed E-state index contributed by atoms with van der Waals surface area (Å²) in [6, 6.07) is 0. The molecule has 4 nitrogen and oxygen atoms in total. The number of esters is 1. The van der Waals surface area contributed by atoms with Crippen molar-refractivity contribution >= 4 is 11.9 Å². The monoisotopic (exact) mass is 161 g/mol. The van der Waals surface area contributed by atoms with Gasteiger partial charge < -0.3 is 10.5 Å². The molecule has 11 heavy (non-hydrogen) atoms. The first-order valence-electron chi connectivity index (χ1n) is 3.60. The van der Waals surface area contributed by atoms with Gasteiger partial charge in [-0.15, -0.1) is 0 Å². The average Bonchev–Trinajstić information content (AvgIpc) is 1.91. The van der Waals surface area contributed by atoms with Gasteiger partial charge in [0.05, 0.1) is 6.61 Å². The number of hydrogen-bond acceptors (Lipinski definition) is 3. The first-order valence-corrected chi connectivity index (χ1v) is 3.60. The van der Waals surface area contributed by atoms with Crippen LogP contribution >= 0.6 is 0 Å². The number of nitrogens with two attached hydrogens (primary N) is 1. The lowest BCUT2D eigenvalue weighted by molar-refractivity contribution is -0.145. The fraction of sp³-hybridized carbons (Fsp3) is 0.714. The molecule has 0 aliphatic carbocycles. The average molecular weight is 161 g/mol. The van der Waals surface area contributed by atoms with Crippen LogP contribution in [0.4, 0.5) is 0 Å². The maximum Gasteiger partial charge on any atom is 0.315 e. The molecule has 0 saturated heterocycles. The van der Waals surface area contributed by atoms with Crippen LogP contribution in [0.5, 0.6) is 0 Å². The fourth-order valence-corrected chi connectivity index (χ4v) is 0.354. The van der Waals surface area contributed by atoms with Gasteiger partial charge in [0.15, 0.2) is 0 Å². The highest BCUT2D eigenvalue weighted by atomic mass is 16.5. The molecule has 0 aromatic rings. The maximum atomic E-state index is 10.3. The third kappa shape index (κ3) is 12.2. The summed E-state index contributed by atoms with van der Waals surface area (Å²) < 4.78 is 4.41. The lowest BCUT2D eigenvalue weighted by atomic mass is 10.4. The molecule has 0 bridgehead atoms. The molecule has 0 aromatic carbocycles. The molecule has 1 amide bonds. The van der Waals surface area contributed by atoms with Crippen molar-refractivity contribution in [2.24, 2.45) is 5.73 Å². The number of rotatable bonds is 3. The number of hydrogen-bond donors (Lipinski definition) is 1. The quantitative estimate of drug-likeness (QED) is 0.482. The Balaban J connectivity index is 0. The summed E-state index contributed by atoms with van der Waals surface area (Å²) in [5, 5.41) is 0. The van der Waals surface area contributed by atoms with E-state index in [0.29, 0.717) is 0 Å². The van der Waals surface area contributed by atoms with E-state index in [1.54, 1.807) is 6.92 Å². The number of primary amides is 1. The molecule has 0 atom stereocenters. The van der Waals surface area contributed by atoms with Gasteiger partial charge in [0.25, 0.3) is 0 Å². The predicted molar refractivity (Wildman–Crippen MR) is 41.8 cm³/mol. The van der Waals surface area contributed by atoms with Crippen LogP contribution in [0.25, 0.3) is 0 Å². The number of carbonyl (C=O) groups excluding carboxylic acids is 2. The van der Waals surface area contributed by atoms with Gasteiger partial charge >= 0.3 is 5.97 Å². The van der Waals surface area contributed by atoms with Gasteiger partial charge in [0, 0.05) is 0 Å². The summed E-state index contributed by atoms with van der Waals surface area (Å²) in [7, 11) is 0. The first kappa shape index (κ1) is 12.6. The highest BCUT2D eigenvalue weighted by Gasteiger charge is 2.04. The minimum atomic E-state index is -0.659. The Labute approximate surface area is 66.7 Å². The summed E-state index contributed by atoms with van der Waals surface area (Å²) >= 11 is 0. The molecular weight excluding hydrogens is 146 g/mol. The minimum absolute atomic E-state index is 0.284. The summed E-state index contributed by atoms with van der Waals surface area (Å²) in [5.74, 6) is -1.22. The summed E-state index contributed by atoms with van der Waals surface area (Å²) in [4.78, 5) is 20.3. The van der Waals surface area contributed by atoms with E-state index in [-0.39, 0.29) is 13.0 Å². The summed E-state index contributed by atoms with van der Waals surface area (Å²) in [5.41, 5.74) is 4.68. The second-order valence-corrected chi connectivity index (χ2v) is 1.45. The lowest BCUT2D eigenvalue weighted by Crippen LogP contribution is -2.17. The standard InChI is InChI=1S/C5H9NO3.C2H6/c1-2-9-5(8)3-4(6)7;1-2/h2-3H2,1H3,(H2,6,7);1-2H3. The largest absolute Gasteiger partial charge is 0.466 e. The predicted octanol–water partition coefficient (Wildman–Crippen LogP) is 0.451. The van der Waals surface area contributed by atoms with Crippen LogP contribution < -0.4 is 5.73 Å². The van der Waals surface area contributed by atoms with Crippen molar-refractivity contribution < 1.29 is 14.3 Å². The molecule has 0 aliphatic rings. The SMILES string of the molecule is CC.CCOC(=O)CC(N)=O. The van der Waals surface area contributed by atoms with Crippen LogP contribution in [0.2, 0.25) is 0 Å². The number of carbonyl (C=O) groups is 2. The van der Waals surface area contributed by atoms with Gasteiger partial charge in [0.2, 0.25) is 5.91 Å². The second-order valence-electron chi connectivity index (χ2n) is 1.45. The Kier molecular flexibility index (Phi) is 10.2. The normalized spacial score (nSPS) is 7.55. The molecule has 0 rings (SSSR count). The van der Waals surface area contributed by atoms with Crippen molar-refractivity contribution in [2.45, 2.75) is 27.2 Å². The van der Waals surface area contributed by atoms with Gasteiger partial charge in [-0.2, -0.15) is 0 Å². The molecule has 66 valence electrons. The topological polar surface area (TPSA) is 69.4 Å². The van der Waals surface area contributed by atoms with Crippen molar-refractivity contribution in [1.29, 1.82) is 0 Å². The smallest absolute Gasteiger partial charge is 0.315 e. The van der Waals surface area contributed by atoms with E-state index in [2.05, 4.69) is 10.5 Å². The Morgan fingerprint density at radius 1 is 1.36 bits per heavy atom. The molecule has 0 aromatic heterocycles. The van der Waals surface area contributed by atoms with Crippen molar-refractivity contribution in [3.05, 3.63) is 0 Å². The molecule has 0 heterocycles. The highest BCUT2D eigenvalue weighted by molar-refractivity contribution is 5.93. The van der Waals surface area contributed by atoms with E-state index >= 15 is 0 Å². The molecule has 0 saturated carbocycles. The Hall–Kier alpha value is -1.06. The van der Waals surface area contributed by atoms with Gasteiger partial charge in [-0.25, -0.2) is 0 Å². The van der Waals surface area contributed by atoms with Gasteiger partial charge in [0.1, 0.15) is 6.42 Å². The third-order valence-electron chi connectivity index (χ3n) is 0.624. The van der Waals surface area contributed by atoms with Crippen molar-refractivity contribution in [3.63, 3.8) is 0 Å². The van der Waals surface area contributed by atoms with Crippen molar-refractivity contribution in [2.75, 3.05) is 6.61 Å². The van der Waals surface area contributed by atoms with Crippen LogP contribution in [0.3, 0.4) is 0 Å². The molecule has 0 fully saturated rings. The zero-order chi connectivity index (χ0) is 9.28. The number of amides is 1. The summed E-state index contributed by atoms with van der Waals surface area (Å²) in [6.45, 7) is 5.95. The van der Waals surface area contributed by atoms with E-state index in [1.165, 1.54) is 0 Å². The zero-order valence-electron chi connectivity index (χ0n) is 7.22. The van der Waals surface area contributed by atoms with E-state index < -0.39 is 11.9 Å². The molecule has 0 radical (unpaired) electrons. The lowest BCUT2D eigenvalue weighted by Gasteiger charge is -1.95. The third-order valence-corrected chi connectivity index (χ3v) is 0.624. The Morgan fingerprint density at radius 2 is 1.82 bits per heavy atom. The van der Waals surface area contributed by atoms with Crippen LogP contribution in [0.15, 0.2) is 0 Å². The first-order chi connectivity index (χ1) is 5.16. The van der Waals surface area contributed by atoms with Crippen molar-refractivity contribution in [3.8, 4) is 0 Å². The Bertz CT molecular complexity index is 123. The second kappa shape index (κ2) is 8.94.